The van der Waals surface area contributed by atoms with Crippen molar-refractivity contribution in [3.63, 3.8) is 0 Å². The SMILES string of the molecule is COC(=O)c1c(-c2cccc(C(F)(F)F)c2)nn(-c2ccccc2)c1C(=O)OC. The van der Waals surface area contributed by atoms with Crippen molar-refractivity contribution in [2.24, 2.45) is 0 Å². The Balaban J connectivity index is 2.34. The Kier molecular flexibility index (Phi) is 5.40. The molecule has 0 amide bonds. The van der Waals surface area contributed by atoms with E-state index in [0.717, 1.165) is 31.0 Å². The van der Waals surface area contributed by atoms with Crippen molar-refractivity contribution in [2.75, 3.05) is 14.2 Å². The highest BCUT2D eigenvalue weighted by Crippen LogP contribution is 2.34. The lowest BCUT2D eigenvalue weighted by Crippen LogP contribution is -2.15. The van der Waals surface area contributed by atoms with E-state index in [9.17, 15) is 22.8 Å². The lowest BCUT2D eigenvalue weighted by Gasteiger charge is -2.08. The Morgan fingerprint density at radius 2 is 1.59 bits per heavy atom. The first-order valence-electron chi connectivity index (χ1n) is 8.30. The number of benzene rings is 2. The minimum absolute atomic E-state index is 0.0000548. The van der Waals surface area contributed by atoms with Crippen molar-refractivity contribution in [3.8, 4) is 16.9 Å². The van der Waals surface area contributed by atoms with Crippen molar-refractivity contribution in [2.45, 2.75) is 6.18 Å². The van der Waals surface area contributed by atoms with Crippen LogP contribution in [-0.2, 0) is 15.7 Å². The van der Waals surface area contributed by atoms with Crippen molar-refractivity contribution in [1.82, 2.24) is 9.78 Å². The van der Waals surface area contributed by atoms with Gasteiger partial charge in [0.2, 0.25) is 0 Å². The van der Waals surface area contributed by atoms with Crippen LogP contribution in [0.2, 0.25) is 0 Å². The zero-order valence-electron chi connectivity index (χ0n) is 15.4. The van der Waals surface area contributed by atoms with Gasteiger partial charge in [-0.25, -0.2) is 14.3 Å². The molecular formula is C20H15F3N2O4. The van der Waals surface area contributed by atoms with Crippen molar-refractivity contribution in [1.29, 1.82) is 0 Å². The third-order valence-electron chi connectivity index (χ3n) is 4.12. The topological polar surface area (TPSA) is 70.4 Å². The summed E-state index contributed by atoms with van der Waals surface area (Å²) in [6.45, 7) is 0. The molecule has 0 saturated carbocycles. The number of rotatable bonds is 4. The summed E-state index contributed by atoms with van der Waals surface area (Å²) in [5, 5.41) is 4.26. The molecule has 2 aromatic carbocycles. The average molecular weight is 404 g/mol. The highest BCUT2D eigenvalue weighted by Gasteiger charge is 2.34. The van der Waals surface area contributed by atoms with E-state index in [2.05, 4.69) is 5.10 Å². The molecule has 3 rings (SSSR count). The molecule has 0 saturated heterocycles. The number of nitrogens with zero attached hydrogens (tertiary/aromatic N) is 2. The summed E-state index contributed by atoms with van der Waals surface area (Å²) in [6.07, 6.45) is -4.59. The summed E-state index contributed by atoms with van der Waals surface area (Å²) in [4.78, 5) is 24.9. The summed E-state index contributed by atoms with van der Waals surface area (Å²) in [7, 11) is 2.22. The third kappa shape index (κ3) is 3.84. The van der Waals surface area contributed by atoms with E-state index in [-0.39, 0.29) is 22.5 Å². The molecule has 0 fully saturated rings. The van der Waals surface area contributed by atoms with Crippen molar-refractivity contribution in [3.05, 3.63) is 71.4 Å². The van der Waals surface area contributed by atoms with Crippen LogP contribution in [0.15, 0.2) is 54.6 Å². The fraction of sp³-hybridized carbons (Fsp3) is 0.150. The fourth-order valence-electron chi connectivity index (χ4n) is 2.80. The molecule has 0 unspecified atom stereocenters. The Hall–Kier alpha value is -3.62. The number of ether oxygens (including phenoxy) is 2. The van der Waals surface area contributed by atoms with Gasteiger partial charge in [-0.3, -0.25) is 0 Å². The Bertz CT molecular complexity index is 1060. The fourth-order valence-corrected chi connectivity index (χ4v) is 2.80. The first kappa shape index (κ1) is 20.1. The molecule has 150 valence electrons. The lowest BCUT2D eigenvalue weighted by atomic mass is 10.0. The minimum atomic E-state index is -4.59. The Labute approximate surface area is 163 Å². The second kappa shape index (κ2) is 7.78. The molecule has 0 spiro atoms. The molecule has 0 radical (unpaired) electrons. The first-order valence-corrected chi connectivity index (χ1v) is 8.30. The van der Waals surface area contributed by atoms with Gasteiger partial charge in [0, 0.05) is 5.56 Å². The lowest BCUT2D eigenvalue weighted by molar-refractivity contribution is -0.137. The molecular weight excluding hydrogens is 389 g/mol. The number of carbonyl (C=O) groups excluding carboxylic acids is 2. The molecule has 1 aromatic heterocycles. The summed E-state index contributed by atoms with van der Waals surface area (Å²) >= 11 is 0. The molecule has 29 heavy (non-hydrogen) atoms. The van der Waals surface area contributed by atoms with Crippen LogP contribution in [0.25, 0.3) is 16.9 Å². The van der Waals surface area contributed by atoms with Gasteiger partial charge in [-0.2, -0.15) is 18.3 Å². The van der Waals surface area contributed by atoms with Crippen LogP contribution >= 0.6 is 0 Å². The van der Waals surface area contributed by atoms with Gasteiger partial charge in [-0.15, -0.1) is 0 Å². The molecule has 0 N–H and O–H groups in total. The van der Waals surface area contributed by atoms with Gasteiger partial charge >= 0.3 is 18.1 Å². The maximum Gasteiger partial charge on any atom is 0.416 e. The van der Waals surface area contributed by atoms with Crippen LogP contribution in [0.4, 0.5) is 13.2 Å². The van der Waals surface area contributed by atoms with Gasteiger partial charge in [0.05, 0.1) is 25.5 Å². The van der Waals surface area contributed by atoms with Crippen LogP contribution in [0.5, 0.6) is 0 Å². The highest BCUT2D eigenvalue weighted by atomic mass is 19.4. The average Bonchev–Trinajstić information content (AvgIpc) is 3.13. The number of methoxy groups -OCH3 is 2. The number of hydrogen-bond acceptors (Lipinski definition) is 5. The number of carbonyl (C=O) groups is 2. The van der Waals surface area contributed by atoms with E-state index in [1.54, 1.807) is 30.3 Å². The molecule has 0 aliphatic rings. The Morgan fingerprint density at radius 3 is 2.17 bits per heavy atom. The number of aromatic nitrogens is 2. The summed E-state index contributed by atoms with van der Waals surface area (Å²) < 4.78 is 50.1. The zero-order chi connectivity index (χ0) is 21.2. The van der Waals surface area contributed by atoms with Gasteiger partial charge < -0.3 is 9.47 Å². The third-order valence-corrected chi connectivity index (χ3v) is 4.12. The zero-order valence-corrected chi connectivity index (χ0v) is 15.4. The molecule has 0 aliphatic heterocycles. The van der Waals surface area contributed by atoms with Gasteiger partial charge in [0.1, 0.15) is 11.3 Å². The highest BCUT2D eigenvalue weighted by molar-refractivity contribution is 6.06. The molecule has 9 heteroatoms. The maximum atomic E-state index is 13.1. The number of para-hydroxylation sites is 1. The van der Waals surface area contributed by atoms with E-state index in [0.29, 0.717) is 5.69 Å². The molecule has 0 bridgehead atoms. The number of hydrogen-bond donors (Lipinski definition) is 0. The van der Waals surface area contributed by atoms with Gasteiger partial charge in [0.15, 0.2) is 5.69 Å². The second-order valence-corrected chi connectivity index (χ2v) is 5.88. The first-order chi connectivity index (χ1) is 13.8. The van der Waals surface area contributed by atoms with E-state index in [1.807, 2.05) is 0 Å². The quantitative estimate of drug-likeness (QED) is 0.612. The Morgan fingerprint density at radius 1 is 0.931 bits per heavy atom. The van der Waals surface area contributed by atoms with Gasteiger partial charge in [-0.05, 0) is 24.3 Å². The van der Waals surface area contributed by atoms with Crippen molar-refractivity contribution >= 4 is 11.9 Å². The number of esters is 2. The number of alkyl halides is 3. The van der Waals surface area contributed by atoms with E-state index < -0.39 is 23.7 Å². The van der Waals surface area contributed by atoms with E-state index >= 15 is 0 Å². The van der Waals surface area contributed by atoms with Gasteiger partial charge in [0.25, 0.3) is 0 Å². The van der Waals surface area contributed by atoms with Crippen molar-refractivity contribution < 1.29 is 32.2 Å². The molecule has 0 aliphatic carbocycles. The van der Waals surface area contributed by atoms with Crippen LogP contribution < -0.4 is 0 Å². The second-order valence-electron chi connectivity index (χ2n) is 5.88. The van der Waals surface area contributed by atoms with Crippen LogP contribution in [0.3, 0.4) is 0 Å². The smallest absolute Gasteiger partial charge is 0.416 e. The predicted molar refractivity (Wildman–Crippen MR) is 96.7 cm³/mol. The van der Waals surface area contributed by atoms with E-state index in [1.165, 1.54) is 12.1 Å². The normalized spacial score (nSPS) is 11.2. The standard InChI is InChI=1S/C20H15F3N2O4/c1-28-18(26)15-16(12-7-6-8-13(11-12)20(21,22)23)24-25(17(15)19(27)29-2)14-9-4-3-5-10-14/h3-11H,1-2H3. The predicted octanol–water partition coefficient (Wildman–Crippen LogP) is 4.13. The van der Waals surface area contributed by atoms with E-state index in [4.69, 9.17) is 9.47 Å². The summed E-state index contributed by atoms with van der Waals surface area (Å²) in [6, 6.07) is 12.6. The van der Waals surface area contributed by atoms with Crippen LogP contribution in [0.1, 0.15) is 26.4 Å². The minimum Gasteiger partial charge on any atom is -0.465 e. The number of halogens is 3. The largest absolute Gasteiger partial charge is 0.465 e. The van der Waals surface area contributed by atoms with Crippen LogP contribution in [-0.4, -0.2) is 35.9 Å². The molecule has 3 aromatic rings. The summed E-state index contributed by atoms with van der Waals surface area (Å²) in [5.41, 5.74) is -1.18. The molecule has 1 heterocycles. The van der Waals surface area contributed by atoms with Gasteiger partial charge in [-0.1, -0.05) is 30.3 Å². The van der Waals surface area contributed by atoms with Crippen LogP contribution in [0, 0.1) is 0 Å². The molecule has 6 nitrogen and oxygen atoms in total. The maximum absolute atomic E-state index is 13.1. The monoisotopic (exact) mass is 404 g/mol. The summed E-state index contributed by atoms with van der Waals surface area (Å²) in [5.74, 6) is -1.82. The molecule has 0 atom stereocenters.